The van der Waals surface area contributed by atoms with Gasteiger partial charge in [-0.05, 0) is 113 Å². The van der Waals surface area contributed by atoms with Crippen molar-refractivity contribution in [3.05, 3.63) is 88.5 Å². The van der Waals surface area contributed by atoms with Gasteiger partial charge in [-0.2, -0.15) is 8.42 Å². The molecule has 5 rings (SSSR count). The predicted molar refractivity (Wildman–Crippen MR) is 187 cm³/mol. The molecule has 2 unspecified atom stereocenters. The third kappa shape index (κ3) is 5.74. The van der Waals surface area contributed by atoms with Gasteiger partial charge < -0.3 is 0 Å². The fourth-order valence-electron chi connectivity index (χ4n) is 7.99. The summed E-state index contributed by atoms with van der Waals surface area (Å²) in [7, 11) is -7.03. The lowest BCUT2D eigenvalue weighted by Crippen LogP contribution is -2.42. The molecule has 0 amide bonds. The maximum atomic E-state index is 14.7. The first-order valence-corrected chi connectivity index (χ1v) is 19.4. The molecule has 0 saturated heterocycles. The van der Waals surface area contributed by atoms with Gasteiger partial charge >= 0.3 is 0 Å². The quantitative estimate of drug-likeness (QED) is 0.256. The van der Waals surface area contributed by atoms with E-state index in [0.717, 1.165) is 48.9 Å². The highest BCUT2D eigenvalue weighted by Gasteiger charge is 2.66. The number of fused-ring (bicyclic) bond motifs is 2. The van der Waals surface area contributed by atoms with Crippen LogP contribution >= 0.6 is 10.3 Å². The van der Waals surface area contributed by atoms with Gasteiger partial charge in [0.2, 0.25) is 0 Å². The van der Waals surface area contributed by atoms with E-state index in [1.807, 2.05) is 0 Å². The van der Waals surface area contributed by atoms with Crippen molar-refractivity contribution in [3.63, 3.8) is 0 Å². The molecule has 2 bridgehead atoms. The Morgan fingerprint density at radius 1 is 0.778 bits per heavy atom. The summed E-state index contributed by atoms with van der Waals surface area (Å²) >= 11 is 0. The molecule has 0 aromatic heterocycles. The van der Waals surface area contributed by atoms with Crippen LogP contribution < -0.4 is 0 Å². The summed E-state index contributed by atoms with van der Waals surface area (Å²) < 4.78 is 36.3. The minimum Gasteiger partial charge on any atom is -0.299 e. The normalized spacial score (nSPS) is 22.2. The third-order valence-corrected chi connectivity index (χ3v) is 16.3. The predicted octanol–water partition coefficient (Wildman–Crippen LogP) is 10.1. The lowest BCUT2D eigenvalue weighted by molar-refractivity contribution is -0.128. The minimum atomic E-state index is -4.22. The largest absolute Gasteiger partial charge is 0.299 e. The van der Waals surface area contributed by atoms with E-state index in [4.69, 9.17) is 3.63 Å². The number of hydrogen-bond donors (Lipinski definition) is 0. The van der Waals surface area contributed by atoms with E-state index >= 15 is 0 Å². The van der Waals surface area contributed by atoms with Crippen molar-refractivity contribution in [2.75, 3.05) is 5.75 Å². The molecular weight excluding hydrogens is 597 g/mol. The summed E-state index contributed by atoms with van der Waals surface area (Å²) in [6, 6.07) is 20.9. The molecule has 3 aromatic rings. The summed E-state index contributed by atoms with van der Waals surface area (Å²) in [4.78, 5) is 16.1. The minimum absolute atomic E-state index is 0.0693. The molecule has 0 aliphatic heterocycles. The number of Topliss-reactive ketones (excluding diaryl/α,β-unsaturated/α-hetero) is 1. The number of aryl methyl sites for hydroxylation is 3. The molecule has 0 radical (unpaired) electrons. The number of benzene rings is 3. The molecule has 3 aromatic carbocycles. The highest BCUT2D eigenvalue weighted by molar-refractivity contribution is 8.33. The number of carbonyl (C=O) groups excluding carboxylic acids is 1. The molecule has 45 heavy (non-hydrogen) atoms. The lowest BCUT2D eigenvalue weighted by Gasteiger charge is -2.43. The van der Waals surface area contributed by atoms with Gasteiger partial charge in [-0.15, -0.1) is 0 Å². The number of carbonyl (C=O) groups is 1. The first kappa shape index (κ1) is 33.9. The van der Waals surface area contributed by atoms with Gasteiger partial charge in [0.15, 0.2) is 0 Å². The standard InChI is InChI=1S/C39H52O4S2/c1-26-22-27(2)35(28(3)23-26)45(32-16-12-29(13-17-32)36(4,5)6,33-18-14-30(15-19-33)37(7,8)9)43-44(41,42)25-39-21-20-31(24-34(39)40)38(39,10)11/h12-19,22-23,31H,20-21,24-25H2,1-11H3. The van der Waals surface area contributed by atoms with Crippen LogP contribution in [0.15, 0.2) is 75.4 Å². The average Bonchev–Trinajstić information content (AvgIpc) is 3.25. The van der Waals surface area contributed by atoms with Crippen molar-refractivity contribution in [1.82, 2.24) is 0 Å². The van der Waals surface area contributed by atoms with E-state index in [9.17, 15) is 13.2 Å². The Morgan fingerprint density at radius 3 is 1.58 bits per heavy atom. The molecule has 2 atom stereocenters. The first-order chi connectivity index (χ1) is 20.6. The molecular formula is C39H52O4S2. The summed E-state index contributed by atoms with van der Waals surface area (Å²) in [5, 5.41) is 0. The van der Waals surface area contributed by atoms with Crippen molar-refractivity contribution >= 4 is 26.2 Å². The van der Waals surface area contributed by atoms with Gasteiger partial charge in [-0.25, -0.2) is 3.63 Å². The zero-order chi connectivity index (χ0) is 33.4. The summed E-state index contributed by atoms with van der Waals surface area (Å²) in [5.74, 6) is -0.00154. The summed E-state index contributed by atoms with van der Waals surface area (Å²) in [5.41, 5.74) is 3.98. The Labute approximate surface area is 274 Å². The van der Waals surface area contributed by atoms with Crippen LogP contribution in [0, 0.1) is 37.5 Å². The van der Waals surface area contributed by atoms with Crippen LogP contribution in [0.4, 0.5) is 0 Å². The fraction of sp³-hybridized carbons (Fsp3) is 0.513. The van der Waals surface area contributed by atoms with E-state index in [0.29, 0.717) is 12.8 Å². The second kappa shape index (κ2) is 11.1. The lowest BCUT2D eigenvalue weighted by atomic mass is 9.70. The Balaban J connectivity index is 1.80. The molecule has 4 nitrogen and oxygen atoms in total. The highest BCUT2D eigenvalue weighted by Crippen LogP contribution is 2.72. The maximum Gasteiger partial charge on any atom is 0.278 e. The van der Waals surface area contributed by atoms with Crippen LogP contribution in [-0.4, -0.2) is 20.0 Å². The van der Waals surface area contributed by atoms with E-state index < -0.39 is 31.3 Å². The van der Waals surface area contributed by atoms with Crippen LogP contribution in [0.1, 0.15) is 102 Å². The van der Waals surface area contributed by atoms with Gasteiger partial charge in [0.25, 0.3) is 10.1 Å². The monoisotopic (exact) mass is 648 g/mol. The van der Waals surface area contributed by atoms with Crippen LogP contribution in [0.3, 0.4) is 0 Å². The fourth-order valence-corrected chi connectivity index (χ4v) is 14.4. The molecule has 2 fully saturated rings. The molecule has 244 valence electrons. The molecule has 2 saturated carbocycles. The van der Waals surface area contributed by atoms with Crippen LogP contribution in [0.25, 0.3) is 0 Å². The second-order valence-electron chi connectivity index (χ2n) is 16.3. The topological polar surface area (TPSA) is 60.4 Å². The summed E-state index contributed by atoms with van der Waals surface area (Å²) in [6.07, 6.45) is 1.93. The number of ketones is 1. The number of hydrogen-bond acceptors (Lipinski definition) is 4. The van der Waals surface area contributed by atoms with E-state index in [1.54, 1.807) is 0 Å². The third-order valence-electron chi connectivity index (χ3n) is 10.8. The molecule has 0 heterocycles. The van der Waals surface area contributed by atoms with Crippen LogP contribution in [0.5, 0.6) is 0 Å². The Morgan fingerprint density at radius 2 is 1.22 bits per heavy atom. The van der Waals surface area contributed by atoms with Crippen molar-refractivity contribution in [1.29, 1.82) is 0 Å². The maximum absolute atomic E-state index is 14.7. The second-order valence-corrected chi connectivity index (χ2v) is 20.7. The molecule has 2 aliphatic carbocycles. The van der Waals surface area contributed by atoms with Gasteiger partial charge in [0.05, 0.1) is 11.2 Å². The van der Waals surface area contributed by atoms with Crippen LogP contribution in [-0.2, 0) is 29.4 Å². The van der Waals surface area contributed by atoms with Crippen molar-refractivity contribution < 1.29 is 16.8 Å². The first-order valence-electron chi connectivity index (χ1n) is 16.2. The molecule has 0 N–H and O–H groups in total. The Hall–Kier alpha value is -2.41. The van der Waals surface area contributed by atoms with Gasteiger partial charge in [0.1, 0.15) is 5.78 Å². The Kier molecular flexibility index (Phi) is 8.37. The van der Waals surface area contributed by atoms with E-state index in [2.05, 4.69) is 137 Å². The van der Waals surface area contributed by atoms with Crippen molar-refractivity contribution in [3.8, 4) is 0 Å². The molecule has 2 aliphatic rings. The van der Waals surface area contributed by atoms with Gasteiger partial charge in [-0.3, -0.25) is 4.79 Å². The van der Waals surface area contributed by atoms with E-state index in [1.165, 1.54) is 0 Å². The zero-order valence-electron chi connectivity index (χ0n) is 29.1. The summed E-state index contributed by atoms with van der Waals surface area (Å²) in [6.45, 7) is 23.4. The van der Waals surface area contributed by atoms with Crippen molar-refractivity contribution in [2.24, 2.45) is 16.7 Å². The molecule has 0 spiro atoms. The van der Waals surface area contributed by atoms with Gasteiger partial charge in [0, 0.05) is 21.1 Å². The smallest absolute Gasteiger partial charge is 0.278 e. The van der Waals surface area contributed by atoms with Crippen molar-refractivity contribution in [2.45, 2.75) is 121 Å². The Bertz CT molecular complexity index is 1640. The number of rotatable bonds is 7. The molecule has 6 heteroatoms. The highest BCUT2D eigenvalue weighted by atomic mass is 32.3. The average molecular weight is 649 g/mol. The van der Waals surface area contributed by atoms with Gasteiger partial charge in [-0.1, -0.05) is 97.4 Å². The van der Waals surface area contributed by atoms with E-state index in [-0.39, 0.29) is 28.3 Å². The zero-order valence-corrected chi connectivity index (χ0v) is 30.8. The van der Waals surface area contributed by atoms with Crippen LogP contribution in [0.2, 0.25) is 0 Å². The SMILES string of the molecule is Cc1cc(C)c(S(OS(=O)(=O)CC23CCC(CC2=O)C3(C)C)(c2ccc(C(C)(C)C)cc2)c2ccc(C(C)(C)C)cc2)c(C)c1.